The van der Waals surface area contributed by atoms with E-state index in [9.17, 15) is 0 Å². The minimum atomic E-state index is -0.443. The lowest BCUT2D eigenvalue weighted by atomic mass is 9.84. The standard InChI is InChI=1S/C42H39N3O2S/c1-23-14-15-32-31(25(23)3)22-41(7)42(32,8)44-39(47-41)26-11-9-12-28(18-26)46-34-21-33-29(17-24(34)2)30-19-27(40(4,5)6)20-36-37(30)45(33)38-35(48-36)13-10-16-43-38/h9-21H,22H2,1-8H3/t41-,42+/m0/s1. The van der Waals surface area contributed by atoms with Gasteiger partial charge in [-0.05, 0) is 122 Å². The summed E-state index contributed by atoms with van der Waals surface area (Å²) in [5, 5.41) is 2.46. The van der Waals surface area contributed by atoms with Crippen LogP contribution in [0.3, 0.4) is 0 Å². The molecule has 5 nitrogen and oxygen atoms in total. The smallest absolute Gasteiger partial charge is 0.217 e. The lowest BCUT2D eigenvalue weighted by molar-refractivity contribution is 0.0475. The molecule has 240 valence electrons. The van der Waals surface area contributed by atoms with E-state index in [1.165, 1.54) is 49.0 Å². The quantitative estimate of drug-likeness (QED) is 0.191. The zero-order valence-corrected chi connectivity index (χ0v) is 29.6. The number of benzene rings is 4. The first kappa shape index (κ1) is 29.6. The molecule has 4 heterocycles. The maximum Gasteiger partial charge on any atom is 0.217 e. The Morgan fingerprint density at radius 1 is 0.875 bits per heavy atom. The van der Waals surface area contributed by atoms with Crippen molar-refractivity contribution in [3.05, 3.63) is 118 Å². The predicted octanol–water partition coefficient (Wildman–Crippen LogP) is 10.7. The van der Waals surface area contributed by atoms with Crippen LogP contribution in [-0.4, -0.2) is 21.0 Å². The summed E-state index contributed by atoms with van der Waals surface area (Å²) in [6, 6.07) is 26.0. The molecular formula is C42H39N3O2S. The van der Waals surface area contributed by atoms with E-state index in [2.05, 4.69) is 115 Å². The number of nitrogens with zero attached hydrogens (tertiary/aromatic N) is 3. The van der Waals surface area contributed by atoms with Crippen LogP contribution < -0.4 is 4.74 Å². The molecule has 2 aromatic heterocycles. The van der Waals surface area contributed by atoms with E-state index in [-0.39, 0.29) is 5.41 Å². The first-order valence-electron chi connectivity index (χ1n) is 16.8. The van der Waals surface area contributed by atoms with Crippen LogP contribution in [0.15, 0.2) is 93.8 Å². The first-order chi connectivity index (χ1) is 22.8. The summed E-state index contributed by atoms with van der Waals surface area (Å²) in [6.07, 6.45) is 2.73. The highest BCUT2D eigenvalue weighted by Gasteiger charge is 2.59. The fraction of sp³-hybridized carbons (Fsp3) is 0.286. The van der Waals surface area contributed by atoms with Gasteiger partial charge in [-0.2, -0.15) is 0 Å². The molecule has 0 amide bonds. The van der Waals surface area contributed by atoms with Crippen LogP contribution in [0.1, 0.15) is 73.6 Å². The Bertz CT molecular complexity index is 2420. The van der Waals surface area contributed by atoms with Crippen LogP contribution in [0.4, 0.5) is 0 Å². The maximum absolute atomic E-state index is 6.76. The van der Waals surface area contributed by atoms with Gasteiger partial charge in [-0.15, -0.1) is 0 Å². The molecule has 0 spiro atoms. The summed E-state index contributed by atoms with van der Waals surface area (Å²) in [4.78, 5) is 12.6. The molecule has 1 aliphatic carbocycles. The Morgan fingerprint density at radius 2 is 1.71 bits per heavy atom. The number of ether oxygens (including phenoxy) is 2. The van der Waals surface area contributed by atoms with Gasteiger partial charge in [0.25, 0.3) is 0 Å². The number of hydrogen-bond donors (Lipinski definition) is 0. The Labute approximate surface area is 286 Å². The topological polar surface area (TPSA) is 48.6 Å². The van der Waals surface area contributed by atoms with Gasteiger partial charge in [-0.3, -0.25) is 4.57 Å². The molecule has 48 heavy (non-hydrogen) atoms. The second kappa shape index (κ2) is 9.76. The third-order valence-electron chi connectivity index (χ3n) is 11.1. The largest absolute Gasteiger partial charge is 0.468 e. The number of rotatable bonds is 3. The van der Waals surface area contributed by atoms with E-state index >= 15 is 0 Å². The van der Waals surface area contributed by atoms with Crippen molar-refractivity contribution in [2.24, 2.45) is 4.99 Å². The summed E-state index contributed by atoms with van der Waals surface area (Å²) in [7, 11) is 0. The van der Waals surface area contributed by atoms with E-state index in [1.54, 1.807) is 0 Å². The molecule has 0 unspecified atom stereocenters. The summed E-state index contributed by atoms with van der Waals surface area (Å²) < 4.78 is 15.8. The second-order valence-electron chi connectivity index (χ2n) is 15.2. The molecule has 6 heteroatoms. The van der Waals surface area contributed by atoms with Crippen molar-refractivity contribution in [2.45, 2.75) is 88.2 Å². The average molecular weight is 650 g/mol. The third kappa shape index (κ3) is 4.05. The van der Waals surface area contributed by atoms with Crippen LogP contribution in [0.25, 0.3) is 27.6 Å². The molecule has 4 aromatic carbocycles. The lowest BCUT2D eigenvalue weighted by Crippen LogP contribution is -2.41. The minimum absolute atomic E-state index is 0.0280. The minimum Gasteiger partial charge on any atom is -0.468 e. The highest BCUT2D eigenvalue weighted by molar-refractivity contribution is 7.99. The molecule has 0 N–H and O–H groups in total. The second-order valence-corrected chi connectivity index (χ2v) is 16.3. The number of pyridine rings is 1. The third-order valence-corrected chi connectivity index (χ3v) is 12.1. The van der Waals surface area contributed by atoms with Gasteiger partial charge < -0.3 is 9.47 Å². The van der Waals surface area contributed by atoms with Gasteiger partial charge in [0.15, 0.2) is 5.82 Å². The first-order valence-corrected chi connectivity index (χ1v) is 17.6. The molecule has 2 aliphatic heterocycles. The van der Waals surface area contributed by atoms with Crippen molar-refractivity contribution in [3.63, 3.8) is 0 Å². The summed E-state index contributed by atoms with van der Waals surface area (Å²) >= 11 is 1.81. The molecule has 0 saturated heterocycles. The van der Waals surface area contributed by atoms with Crippen LogP contribution in [0.5, 0.6) is 11.5 Å². The summed E-state index contributed by atoms with van der Waals surface area (Å²) in [5.74, 6) is 3.20. The molecule has 3 aliphatic rings. The highest BCUT2D eigenvalue weighted by atomic mass is 32.2. The number of hydrogen-bond acceptors (Lipinski definition) is 5. The van der Waals surface area contributed by atoms with E-state index in [4.69, 9.17) is 19.5 Å². The molecule has 6 aromatic rings. The predicted molar refractivity (Wildman–Crippen MR) is 196 cm³/mol. The summed E-state index contributed by atoms with van der Waals surface area (Å²) in [5.41, 5.74) is 10.1. The normalized spacial score (nSPS) is 20.8. The molecule has 0 radical (unpaired) electrons. The molecule has 9 rings (SSSR count). The highest BCUT2D eigenvalue weighted by Crippen LogP contribution is 2.54. The van der Waals surface area contributed by atoms with E-state index in [0.717, 1.165) is 45.3 Å². The molecular weight excluding hydrogens is 611 g/mol. The van der Waals surface area contributed by atoms with E-state index in [1.807, 2.05) is 36.2 Å². The molecule has 0 bridgehead atoms. The number of fused-ring (bicyclic) bond motifs is 8. The van der Waals surface area contributed by atoms with Gasteiger partial charge in [0.1, 0.15) is 22.6 Å². The van der Waals surface area contributed by atoms with Gasteiger partial charge in [-0.25, -0.2) is 9.98 Å². The van der Waals surface area contributed by atoms with Gasteiger partial charge in [0.05, 0.1) is 15.9 Å². The zero-order chi connectivity index (χ0) is 33.3. The Kier molecular flexibility index (Phi) is 6.01. The van der Waals surface area contributed by atoms with E-state index in [0.29, 0.717) is 5.90 Å². The molecule has 0 saturated carbocycles. The van der Waals surface area contributed by atoms with Gasteiger partial charge in [0.2, 0.25) is 5.90 Å². The van der Waals surface area contributed by atoms with Crippen molar-refractivity contribution < 1.29 is 9.47 Å². The summed E-state index contributed by atoms with van der Waals surface area (Å²) in [6.45, 7) is 17.8. The van der Waals surface area contributed by atoms with Crippen LogP contribution in [0.2, 0.25) is 0 Å². The van der Waals surface area contributed by atoms with Gasteiger partial charge in [0, 0.05) is 39.9 Å². The Hall–Kier alpha value is -4.55. The Morgan fingerprint density at radius 3 is 2.52 bits per heavy atom. The van der Waals surface area contributed by atoms with Crippen LogP contribution >= 0.6 is 11.8 Å². The lowest BCUT2D eigenvalue weighted by Gasteiger charge is -2.31. The fourth-order valence-electron chi connectivity index (χ4n) is 7.88. The number of aromatic nitrogens is 2. The van der Waals surface area contributed by atoms with Crippen molar-refractivity contribution in [1.82, 2.24) is 9.55 Å². The number of aliphatic imine (C=N–C) groups is 1. The fourth-order valence-corrected chi connectivity index (χ4v) is 8.98. The van der Waals surface area contributed by atoms with Crippen molar-refractivity contribution in [2.75, 3.05) is 0 Å². The average Bonchev–Trinajstić information content (AvgIpc) is 3.59. The molecule has 2 atom stereocenters. The monoisotopic (exact) mass is 649 g/mol. The Balaban J connectivity index is 1.13. The molecule has 0 fully saturated rings. The zero-order valence-electron chi connectivity index (χ0n) is 28.8. The van der Waals surface area contributed by atoms with Crippen molar-refractivity contribution in [3.8, 4) is 17.3 Å². The van der Waals surface area contributed by atoms with Crippen molar-refractivity contribution in [1.29, 1.82) is 0 Å². The van der Waals surface area contributed by atoms with Crippen LogP contribution in [0, 0.1) is 20.8 Å². The maximum atomic E-state index is 6.76. The van der Waals surface area contributed by atoms with E-state index < -0.39 is 11.1 Å². The number of aryl methyl sites for hydroxylation is 2. The van der Waals surface area contributed by atoms with Crippen LogP contribution in [-0.2, 0) is 22.1 Å². The van der Waals surface area contributed by atoms with Crippen molar-refractivity contribution >= 4 is 39.5 Å². The SMILES string of the molecule is Cc1cc2c3cc(C(C)(C)C)cc4c3n(c2cc1Oc1cccc(C2=N[C@]3(C)c5ccc(C)c(C)c5C[C@]3(C)O2)c1)-c1ncccc1S4. The van der Waals surface area contributed by atoms with Gasteiger partial charge in [-0.1, -0.05) is 50.7 Å². The van der Waals surface area contributed by atoms with Gasteiger partial charge >= 0.3 is 0 Å².